The van der Waals surface area contributed by atoms with Crippen LogP contribution in [0.3, 0.4) is 0 Å². The third-order valence-electron chi connectivity index (χ3n) is 3.67. The monoisotopic (exact) mass is 410 g/mol. The molecule has 0 bridgehead atoms. The number of fused-ring (bicyclic) bond motifs is 1. The fraction of sp³-hybridized carbons (Fsp3) is 0.235. The van der Waals surface area contributed by atoms with Crippen LogP contribution >= 0.6 is 27.5 Å². The Morgan fingerprint density at radius 3 is 2.92 bits per heavy atom. The second-order valence-electron chi connectivity index (χ2n) is 5.41. The minimum Gasteiger partial charge on any atom is -0.495 e. The van der Waals surface area contributed by atoms with Gasteiger partial charge in [-0.3, -0.25) is 0 Å². The molecule has 2 N–H and O–H groups in total. The number of hydrogen-bond acceptors (Lipinski definition) is 3. The van der Waals surface area contributed by atoms with Crippen LogP contribution in [0.15, 0.2) is 40.9 Å². The third-order valence-corrected chi connectivity index (χ3v) is 4.46. The van der Waals surface area contributed by atoms with E-state index < -0.39 is 0 Å². The maximum Gasteiger partial charge on any atom is 0.319 e. The Kier molecular flexibility index (Phi) is 5.16. The first kappa shape index (κ1) is 16.9. The van der Waals surface area contributed by atoms with Crippen LogP contribution in [0.4, 0.5) is 10.5 Å². The van der Waals surface area contributed by atoms with Crippen molar-refractivity contribution >= 4 is 39.2 Å². The molecule has 0 aromatic heterocycles. The lowest BCUT2D eigenvalue weighted by molar-refractivity contribution is 0.222. The molecule has 1 heterocycles. The molecule has 24 heavy (non-hydrogen) atoms. The Bertz CT molecular complexity index is 769. The van der Waals surface area contributed by atoms with Gasteiger partial charge in [0, 0.05) is 10.2 Å². The molecular weight excluding hydrogens is 396 g/mol. The van der Waals surface area contributed by atoms with Gasteiger partial charge in [0.25, 0.3) is 0 Å². The molecule has 1 aliphatic rings. The first-order valence-electron chi connectivity index (χ1n) is 7.37. The zero-order valence-corrected chi connectivity index (χ0v) is 15.3. The average molecular weight is 412 g/mol. The Labute approximate surface area is 153 Å². The maximum absolute atomic E-state index is 12.2. The van der Waals surface area contributed by atoms with Gasteiger partial charge in [0.15, 0.2) is 0 Å². The highest BCUT2D eigenvalue weighted by atomic mass is 79.9. The van der Waals surface area contributed by atoms with Gasteiger partial charge in [-0.1, -0.05) is 27.5 Å². The minimum absolute atomic E-state index is 0.0967. The van der Waals surface area contributed by atoms with Crippen molar-refractivity contribution < 1.29 is 14.3 Å². The molecule has 0 aliphatic carbocycles. The highest BCUT2D eigenvalue weighted by Crippen LogP contribution is 2.28. The Hall–Kier alpha value is -1.92. The number of rotatable bonds is 3. The molecule has 7 heteroatoms. The van der Waals surface area contributed by atoms with Gasteiger partial charge in [0.1, 0.15) is 18.1 Å². The molecule has 2 aromatic carbocycles. The number of halogens is 2. The summed E-state index contributed by atoms with van der Waals surface area (Å²) in [7, 11) is 1.54. The lowest BCUT2D eigenvalue weighted by Crippen LogP contribution is -2.44. The number of carbonyl (C=O) groups excluding carboxylic acids is 1. The topological polar surface area (TPSA) is 59.6 Å². The Morgan fingerprint density at radius 1 is 1.33 bits per heavy atom. The number of methoxy groups -OCH3 is 1. The predicted molar refractivity (Wildman–Crippen MR) is 97.3 cm³/mol. The molecule has 0 spiro atoms. The molecule has 126 valence electrons. The van der Waals surface area contributed by atoms with Gasteiger partial charge in [-0.2, -0.15) is 0 Å². The molecule has 0 saturated carbocycles. The van der Waals surface area contributed by atoms with Crippen LogP contribution in [0.2, 0.25) is 5.02 Å². The van der Waals surface area contributed by atoms with Crippen molar-refractivity contribution in [3.8, 4) is 11.5 Å². The summed E-state index contributed by atoms with van der Waals surface area (Å²) in [4.78, 5) is 12.2. The minimum atomic E-state index is -0.303. The highest BCUT2D eigenvalue weighted by molar-refractivity contribution is 9.10. The normalized spacial score (nSPS) is 15.9. The number of nitrogens with one attached hydrogen (secondary N) is 2. The van der Waals surface area contributed by atoms with Crippen LogP contribution in [0.5, 0.6) is 11.5 Å². The first-order chi connectivity index (χ1) is 11.5. The number of urea groups is 1. The maximum atomic E-state index is 12.2. The van der Waals surface area contributed by atoms with Crippen molar-refractivity contribution in [2.75, 3.05) is 19.0 Å². The molecule has 1 aliphatic heterocycles. The van der Waals surface area contributed by atoms with Gasteiger partial charge in [-0.15, -0.1) is 0 Å². The van der Waals surface area contributed by atoms with Crippen molar-refractivity contribution in [1.29, 1.82) is 0 Å². The molecule has 1 unspecified atom stereocenters. The van der Waals surface area contributed by atoms with E-state index in [1.807, 2.05) is 18.2 Å². The summed E-state index contributed by atoms with van der Waals surface area (Å²) in [6.45, 7) is 0.436. The summed E-state index contributed by atoms with van der Waals surface area (Å²) in [5, 5.41) is 6.11. The van der Waals surface area contributed by atoms with Gasteiger partial charge >= 0.3 is 6.03 Å². The van der Waals surface area contributed by atoms with E-state index in [0.29, 0.717) is 29.5 Å². The van der Waals surface area contributed by atoms with E-state index >= 15 is 0 Å². The molecule has 3 rings (SSSR count). The fourth-order valence-electron chi connectivity index (χ4n) is 2.55. The Morgan fingerprint density at radius 2 is 2.17 bits per heavy atom. The number of hydrogen-bond donors (Lipinski definition) is 2. The molecule has 0 fully saturated rings. The average Bonchev–Trinajstić information content (AvgIpc) is 2.54. The van der Waals surface area contributed by atoms with Crippen molar-refractivity contribution in [2.24, 2.45) is 0 Å². The van der Waals surface area contributed by atoms with E-state index in [-0.39, 0.29) is 12.1 Å². The largest absolute Gasteiger partial charge is 0.495 e. The molecule has 2 amide bonds. The summed E-state index contributed by atoms with van der Waals surface area (Å²) >= 11 is 9.50. The van der Waals surface area contributed by atoms with E-state index in [1.165, 1.54) is 0 Å². The number of ether oxygens (including phenoxy) is 2. The fourth-order valence-corrected chi connectivity index (χ4v) is 3.22. The van der Waals surface area contributed by atoms with Gasteiger partial charge in [0.2, 0.25) is 0 Å². The van der Waals surface area contributed by atoms with Crippen LogP contribution in [-0.2, 0) is 6.42 Å². The smallest absolute Gasteiger partial charge is 0.319 e. The number of amides is 2. The summed E-state index contributed by atoms with van der Waals surface area (Å²) in [6, 6.07) is 10.5. The van der Waals surface area contributed by atoms with E-state index in [2.05, 4.69) is 26.6 Å². The second kappa shape index (κ2) is 7.32. The number of carbonyl (C=O) groups is 1. The predicted octanol–water partition coefficient (Wildman–Crippen LogP) is 4.24. The van der Waals surface area contributed by atoms with E-state index in [1.54, 1.807) is 25.3 Å². The van der Waals surface area contributed by atoms with Crippen LogP contribution in [0, 0.1) is 0 Å². The van der Waals surface area contributed by atoms with Crippen LogP contribution < -0.4 is 20.1 Å². The quantitative estimate of drug-likeness (QED) is 0.794. The summed E-state index contributed by atoms with van der Waals surface area (Å²) in [5.74, 6) is 1.42. The van der Waals surface area contributed by atoms with Crippen LogP contribution in [0.1, 0.15) is 5.56 Å². The zero-order chi connectivity index (χ0) is 17.1. The van der Waals surface area contributed by atoms with Gasteiger partial charge < -0.3 is 20.1 Å². The van der Waals surface area contributed by atoms with E-state index in [4.69, 9.17) is 21.1 Å². The lowest BCUT2D eigenvalue weighted by atomic mass is 10.0. The molecule has 5 nitrogen and oxygen atoms in total. The standard InChI is InChI=1S/C17H16BrClN2O3/c1-23-16-5-3-12(8-14(16)19)20-17(22)21-13-7-10-6-11(18)2-4-15(10)24-9-13/h2-6,8,13H,7,9H2,1H3,(H2,20,21,22). The lowest BCUT2D eigenvalue weighted by Gasteiger charge is -2.26. The molecule has 0 saturated heterocycles. The summed E-state index contributed by atoms with van der Waals surface area (Å²) in [5.41, 5.74) is 1.66. The SMILES string of the molecule is COc1ccc(NC(=O)NC2COc3ccc(Br)cc3C2)cc1Cl. The van der Waals surface area contributed by atoms with Crippen molar-refractivity contribution in [2.45, 2.75) is 12.5 Å². The summed E-state index contributed by atoms with van der Waals surface area (Å²) < 4.78 is 11.8. The molecule has 1 atom stereocenters. The number of anilines is 1. The third kappa shape index (κ3) is 3.94. The van der Waals surface area contributed by atoms with Crippen molar-refractivity contribution in [3.05, 3.63) is 51.5 Å². The van der Waals surface area contributed by atoms with Crippen molar-refractivity contribution in [1.82, 2.24) is 5.32 Å². The molecular formula is C17H16BrClN2O3. The van der Waals surface area contributed by atoms with Gasteiger partial charge in [0.05, 0.1) is 18.2 Å². The van der Waals surface area contributed by atoms with Crippen LogP contribution in [0.25, 0.3) is 0 Å². The Balaban J connectivity index is 1.60. The van der Waals surface area contributed by atoms with Crippen LogP contribution in [-0.4, -0.2) is 25.8 Å². The highest BCUT2D eigenvalue weighted by Gasteiger charge is 2.21. The van der Waals surface area contributed by atoms with Gasteiger partial charge in [-0.05, 0) is 48.4 Å². The second-order valence-corrected chi connectivity index (χ2v) is 6.73. The zero-order valence-electron chi connectivity index (χ0n) is 12.9. The van der Waals surface area contributed by atoms with Gasteiger partial charge in [-0.25, -0.2) is 4.79 Å². The van der Waals surface area contributed by atoms with E-state index in [0.717, 1.165) is 15.8 Å². The number of benzene rings is 2. The molecule has 2 aromatic rings. The van der Waals surface area contributed by atoms with Crippen molar-refractivity contribution in [3.63, 3.8) is 0 Å². The first-order valence-corrected chi connectivity index (χ1v) is 8.54. The summed E-state index contributed by atoms with van der Waals surface area (Å²) in [6.07, 6.45) is 0.714. The molecule has 0 radical (unpaired) electrons. The van der Waals surface area contributed by atoms with E-state index in [9.17, 15) is 4.79 Å².